The molecule has 1 amide bonds. The third-order valence-corrected chi connectivity index (χ3v) is 3.82. The fraction of sp³-hybridized carbons (Fsp3) is 0.250. The summed E-state index contributed by atoms with van der Waals surface area (Å²) in [6.45, 7) is 2.46. The minimum absolute atomic E-state index is 0.138. The van der Waals surface area contributed by atoms with E-state index in [2.05, 4.69) is 9.97 Å². The zero-order chi connectivity index (χ0) is 13.1. The van der Waals surface area contributed by atoms with Crippen LogP contribution in [0.3, 0.4) is 0 Å². The maximum absolute atomic E-state index is 12.2. The fourth-order valence-corrected chi connectivity index (χ4v) is 2.52. The van der Waals surface area contributed by atoms with Crippen molar-refractivity contribution in [2.24, 2.45) is 0 Å². The highest BCUT2D eigenvalue weighted by Crippen LogP contribution is 2.18. The summed E-state index contributed by atoms with van der Waals surface area (Å²) in [7, 11) is 1.74. The number of carbonyl (C=O) groups excluding carboxylic acids is 1. The minimum Gasteiger partial charge on any atom is -0.336 e. The van der Waals surface area contributed by atoms with Crippen LogP contribution < -0.4 is 0 Å². The molecule has 4 nitrogen and oxygen atoms in total. The molecule has 0 aliphatic carbocycles. The van der Waals surface area contributed by atoms with Crippen LogP contribution in [0.4, 0.5) is 0 Å². The van der Waals surface area contributed by atoms with Crippen LogP contribution in [-0.2, 0) is 6.54 Å². The van der Waals surface area contributed by atoms with E-state index < -0.39 is 0 Å². The highest BCUT2D eigenvalue weighted by molar-refractivity contribution is 7.09. The summed E-state index contributed by atoms with van der Waals surface area (Å²) >= 11 is 7.52. The molecule has 18 heavy (non-hydrogen) atoms. The van der Waals surface area contributed by atoms with Gasteiger partial charge in [-0.3, -0.25) is 9.78 Å². The zero-order valence-electron chi connectivity index (χ0n) is 10.1. The van der Waals surface area contributed by atoms with Crippen molar-refractivity contribution in [3.63, 3.8) is 0 Å². The molecule has 0 unspecified atom stereocenters. The Morgan fingerprint density at radius 2 is 2.33 bits per heavy atom. The largest absolute Gasteiger partial charge is 0.336 e. The Bertz CT molecular complexity index is 570. The third-order valence-electron chi connectivity index (χ3n) is 2.57. The first-order valence-electron chi connectivity index (χ1n) is 5.33. The molecule has 0 atom stereocenters. The summed E-state index contributed by atoms with van der Waals surface area (Å²) in [5, 5.41) is 0.419. The van der Waals surface area contributed by atoms with Crippen molar-refractivity contribution in [3.8, 4) is 0 Å². The number of hydrogen-bond donors (Lipinski definition) is 0. The maximum Gasteiger partial charge on any atom is 0.257 e. The SMILES string of the molecule is Cc1ncsc1CN(C)C(=O)c1cnccc1Cl. The molecule has 2 aromatic rings. The van der Waals surface area contributed by atoms with Crippen LogP contribution in [0.25, 0.3) is 0 Å². The van der Waals surface area contributed by atoms with Gasteiger partial charge in [0.05, 0.1) is 28.3 Å². The van der Waals surface area contributed by atoms with Crippen molar-refractivity contribution in [2.45, 2.75) is 13.5 Å². The number of aromatic nitrogens is 2. The van der Waals surface area contributed by atoms with Crippen LogP contribution in [0.5, 0.6) is 0 Å². The van der Waals surface area contributed by atoms with E-state index in [1.54, 1.807) is 41.1 Å². The van der Waals surface area contributed by atoms with Gasteiger partial charge in [-0.05, 0) is 13.0 Å². The van der Waals surface area contributed by atoms with Gasteiger partial charge in [0.1, 0.15) is 0 Å². The van der Waals surface area contributed by atoms with E-state index in [1.807, 2.05) is 6.92 Å². The highest BCUT2D eigenvalue weighted by atomic mass is 35.5. The molecule has 2 heterocycles. The molecular formula is C12H12ClN3OS. The van der Waals surface area contributed by atoms with E-state index in [0.29, 0.717) is 17.1 Å². The number of thiazole rings is 1. The van der Waals surface area contributed by atoms with Crippen LogP contribution in [0, 0.1) is 6.92 Å². The second-order valence-corrected chi connectivity index (χ2v) is 5.22. The summed E-state index contributed by atoms with van der Waals surface area (Å²) < 4.78 is 0. The Kier molecular flexibility index (Phi) is 3.93. The molecule has 2 rings (SSSR count). The number of hydrogen-bond acceptors (Lipinski definition) is 4. The van der Waals surface area contributed by atoms with E-state index >= 15 is 0 Å². The number of carbonyl (C=O) groups is 1. The molecular weight excluding hydrogens is 270 g/mol. The number of aryl methyl sites for hydroxylation is 1. The normalized spacial score (nSPS) is 10.4. The van der Waals surface area contributed by atoms with Crippen molar-refractivity contribution in [1.29, 1.82) is 0 Å². The van der Waals surface area contributed by atoms with Crippen molar-refractivity contribution in [3.05, 3.63) is 45.1 Å². The summed E-state index contributed by atoms with van der Waals surface area (Å²) in [6.07, 6.45) is 3.05. The fourth-order valence-electron chi connectivity index (χ4n) is 1.51. The summed E-state index contributed by atoms with van der Waals surface area (Å²) in [6, 6.07) is 1.61. The van der Waals surface area contributed by atoms with Gasteiger partial charge in [0.25, 0.3) is 5.91 Å². The molecule has 0 fully saturated rings. The lowest BCUT2D eigenvalue weighted by atomic mass is 10.2. The smallest absolute Gasteiger partial charge is 0.257 e. The summed E-state index contributed by atoms with van der Waals surface area (Å²) in [5.74, 6) is -0.138. The van der Waals surface area contributed by atoms with Gasteiger partial charge in [-0.2, -0.15) is 0 Å². The average Bonchev–Trinajstić information content (AvgIpc) is 2.75. The van der Waals surface area contributed by atoms with Gasteiger partial charge >= 0.3 is 0 Å². The van der Waals surface area contributed by atoms with Crippen molar-refractivity contribution < 1.29 is 4.79 Å². The molecule has 0 aliphatic heterocycles. The van der Waals surface area contributed by atoms with Crippen LogP contribution in [-0.4, -0.2) is 27.8 Å². The molecule has 0 N–H and O–H groups in total. The lowest BCUT2D eigenvalue weighted by Crippen LogP contribution is -2.26. The lowest BCUT2D eigenvalue weighted by Gasteiger charge is -2.17. The Morgan fingerprint density at radius 3 is 2.94 bits per heavy atom. The molecule has 0 aliphatic rings. The minimum atomic E-state index is -0.138. The van der Waals surface area contributed by atoms with Crippen molar-refractivity contribution >= 4 is 28.8 Å². The Labute approximate surface area is 114 Å². The van der Waals surface area contributed by atoms with Gasteiger partial charge in [-0.1, -0.05) is 11.6 Å². The summed E-state index contributed by atoms with van der Waals surface area (Å²) in [4.78, 5) is 23.0. The van der Waals surface area contributed by atoms with Gasteiger partial charge < -0.3 is 4.90 Å². The first-order valence-corrected chi connectivity index (χ1v) is 6.59. The molecule has 0 spiro atoms. The average molecular weight is 282 g/mol. The van der Waals surface area contributed by atoms with Crippen molar-refractivity contribution in [2.75, 3.05) is 7.05 Å². The molecule has 0 saturated carbocycles. The third kappa shape index (κ3) is 2.68. The van der Waals surface area contributed by atoms with E-state index in [1.165, 1.54) is 6.20 Å². The Morgan fingerprint density at radius 1 is 1.56 bits per heavy atom. The van der Waals surface area contributed by atoms with Gasteiger partial charge in [-0.15, -0.1) is 11.3 Å². The summed E-state index contributed by atoms with van der Waals surface area (Å²) in [5.41, 5.74) is 3.15. The van der Waals surface area contributed by atoms with Gasteiger partial charge in [0.2, 0.25) is 0 Å². The Balaban J connectivity index is 2.15. The van der Waals surface area contributed by atoms with E-state index in [0.717, 1.165) is 10.6 Å². The Hall–Kier alpha value is -1.46. The molecule has 94 valence electrons. The molecule has 0 radical (unpaired) electrons. The molecule has 2 aromatic heterocycles. The van der Waals surface area contributed by atoms with Gasteiger partial charge in [0.15, 0.2) is 0 Å². The quantitative estimate of drug-likeness (QED) is 0.869. The number of rotatable bonds is 3. The highest BCUT2D eigenvalue weighted by Gasteiger charge is 2.16. The zero-order valence-corrected chi connectivity index (χ0v) is 11.6. The van der Waals surface area contributed by atoms with Crippen LogP contribution in [0.2, 0.25) is 5.02 Å². The van der Waals surface area contributed by atoms with E-state index in [-0.39, 0.29) is 5.91 Å². The second-order valence-electron chi connectivity index (χ2n) is 3.88. The predicted octanol–water partition coefficient (Wildman–Crippen LogP) is 2.77. The number of halogens is 1. The number of nitrogens with zero attached hydrogens (tertiary/aromatic N) is 3. The first kappa shape index (κ1) is 13.0. The van der Waals surface area contributed by atoms with Gasteiger partial charge in [0, 0.05) is 24.3 Å². The lowest BCUT2D eigenvalue weighted by molar-refractivity contribution is 0.0786. The van der Waals surface area contributed by atoms with E-state index in [4.69, 9.17) is 11.6 Å². The van der Waals surface area contributed by atoms with Crippen LogP contribution in [0.15, 0.2) is 24.0 Å². The monoisotopic (exact) mass is 281 g/mol. The number of amides is 1. The predicted molar refractivity (Wildman–Crippen MR) is 71.9 cm³/mol. The standard InChI is InChI=1S/C12H12ClN3OS/c1-8-11(18-7-15-8)6-16(2)12(17)9-5-14-4-3-10(9)13/h3-5,7H,6H2,1-2H3. The molecule has 6 heteroatoms. The van der Waals surface area contributed by atoms with Crippen molar-refractivity contribution in [1.82, 2.24) is 14.9 Å². The van der Waals surface area contributed by atoms with Crippen LogP contribution >= 0.6 is 22.9 Å². The number of pyridine rings is 1. The van der Waals surface area contributed by atoms with Crippen LogP contribution in [0.1, 0.15) is 20.9 Å². The topological polar surface area (TPSA) is 46.1 Å². The maximum atomic E-state index is 12.2. The molecule has 0 aromatic carbocycles. The van der Waals surface area contributed by atoms with E-state index in [9.17, 15) is 4.79 Å². The first-order chi connectivity index (χ1) is 8.59. The molecule has 0 saturated heterocycles. The van der Waals surface area contributed by atoms with Gasteiger partial charge in [-0.25, -0.2) is 4.98 Å². The molecule has 0 bridgehead atoms. The second kappa shape index (κ2) is 5.46.